The predicted molar refractivity (Wildman–Crippen MR) is 418 cm³/mol. The third kappa shape index (κ3) is 22.9. The zero-order valence-corrected chi connectivity index (χ0v) is 65.5. The Morgan fingerprint density at radius 1 is 0.827 bits per heavy atom. The number of hydrogen-bond donors (Lipinski definition) is 9. The predicted octanol–water partition coefficient (Wildman–Crippen LogP) is 10.2. The number of para-hydroxylation sites is 1. The molecule has 2 fully saturated rings. The number of nitrogens with zero attached hydrogens (tertiary/aromatic N) is 8. The van der Waals surface area contributed by atoms with Crippen molar-refractivity contribution in [3.8, 4) is 11.1 Å². The van der Waals surface area contributed by atoms with Crippen LogP contribution < -0.4 is 37.2 Å². The van der Waals surface area contributed by atoms with Crippen molar-refractivity contribution >= 4 is 99.3 Å². The Morgan fingerprint density at radius 3 is 2.27 bits per heavy atom. The van der Waals surface area contributed by atoms with E-state index in [4.69, 9.17) is 25.3 Å². The Hall–Kier alpha value is -9.45. The maximum absolute atomic E-state index is 13.8. The van der Waals surface area contributed by atoms with Gasteiger partial charge in [-0.1, -0.05) is 88.8 Å². The van der Waals surface area contributed by atoms with Gasteiger partial charge in [-0.3, -0.25) is 53.1 Å². The Bertz CT molecular complexity index is 4330. The molecule has 3 aromatic carbocycles. The second-order valence-electron chi connectivity index (χ2n) is 31.0. The lowest BCUT2D eigenvalue weighted by molar-refractivity contribution is -0.137. The van der Waals surface area contributed by atoms with Crippen molar-refractivity contribution in [2.24, 2.45) is 28.4 Å². The highest BCUT2D eigenvalue weighted by Gasteiger charge is 2.45. The smallest absolute Gasteiger partial charge is 0.410 e. The number of pyridine rings is 1. The van der Waals surface area contributed by atoms with Gasteiger partial charge in [0.2, 0.25) is 17.7 Å². The number of ether oxygens (including phenoxy) is 2. The van der Waals surface area contributed by atoms with Crippen LogP contribution in [0.2, 0.25) is 0 Å². The van der Waals surface area contributed by atoms with Crippen LogP contribution in [-0.2, 0) is 64.1 Å². The summed E-state index contributed by atoms with van der Waals surface area (Å²) in [6.07, 6.45) is 10.8. The molecule has 1 aliphatic carbocycles. The van der Waals surface area contributed by atoms with Gasteiger partial charge >= 0.3 is 25.7 Å². The minimum absolute atomic E-state index is 0.00126. The summed E-state index contributed by atoms with van der Waals surface area (Å²) >= 11 is 1.41. The Labute approximate surface area is 645 Å². The lowest BCUT2D eigenvalue weighted by Gasteiger charge is -2.49. The SMILES string of the molecule is Cc1c(-c2ccc(N3CCc4cccc(C(=O)Nc5nc6ccccc6s5)c4C3)nc2C(=O)O)cnn1CC1(CC(C)OCCN(CCCP(=O)(O)O)C2CCN(C(=O)OCc3ccc(NC(=O)[C@H](CCCNC(N)=O)NC(=O)[C@@H](NC(=O)CCCCCN4C(=O)C=CC4=O)C(C)C)cc3)CC2)CC(C)CC(C)(C)C1. The fraction of sp³-hybridized carbons (Fsp3) is 0.519. The van der Waals surface area contributed by atoms with Crippen molar-refractivity contribution in [2.75, 3.05) is 74.1 Å². The third-order valence-electron chi connectivity index (χ3n) is 21.1. The van der Waals surface area contributed by atoms with Crippen molar-refractivity contribution in [3.05, 3.63) is 131 Å². The maximum atomic E-state index is 13.8. The molecule has 1 saturated heterocycles. The van der Waals surface area contributed by atoms with Crippen molar-refractivity contribution in [2.45, 2.75) is 182 Å². The molecule has 10 rings (SSSR count). The number of primary amides is 1. The molecule has 0 radical (unpaired) electrons. The van der Waals surface area contributed by atoms with E-state index in [9.17, 15) is 62.6 Å². The third-order valence-corrected chi connectivity index (χ3v) is 23.0. The number of carboxylic acid groups (broad SMARTS) is 1. The highest BCUT2D eigenvalue weighted by Crippen LogP contribution is 2.52. The molecule has 4 aliphatic rings. The molecule has 6 heterocycles. The van der Waals surface area contributed by atoms with Crippen LogP contribution in [0.25, 0.3) is 21.3 Å². The Morgan fingerprint density at radius 2 is 1.57 bits per heavy atom. The molecule has 29 nitrogen and oxygen atoms in total. The lowest BCUT2D eigenvalue weighted by atomic mass is 9.58. The number of carboxylic acids is 1. The van der Waals surface area contributed by atoms with Gasteiger partial charge in [0.15, 0.2) is 10.8 Å². The van der Waals surface area contributed by atoms with E-state index < -0.39 is 49.6 Å². The number of nitrogens with two attached hydrogens (primary N) is 1. The largest absolute Gasteiger partial charge is 0.476 e. The number of likely N-dealkylation sites (tertiary alicyclic amines) is 1. The van der Waals surface area contributed by atoms with E-state index in [0.29, 0.717) is 142 Å². The van der Waals surface area contributed by atoms with Gasteiger partial charge in [0, 0.05) is 105 Å². The molecule has 6 aromatic rings. The number of unbranched alkanes of at least 4 members (excludes halogenated alkanes) is 2. The number of nitrogens with one attached hydrogen (secondary N) is 5. The summed E-state index contributed by atoms with van der Waals surface area (Å²) in [5, 5.41) is 30.1. The molecule has 3 unspecified atom stereocenters. The second kappa shape index (κ2) is 37.5. The van der Waals surface area contributed by atoms with Crippen LogP contribution >= 0.6 is 18.9 Å². The molecule has 592 valence electrons. The number of rotatable bonds is 36. The highest BCUT2D eigenvalue weighted by atomic mass is 32.1. The number of carbonyl (C=O) groups excluding carboxylic acids is 8. The molecule has 31 heteroatoms. The fourth-order valence-corrected chi connectivity index (χ4v) is 17.7. The van der Waals surface area contributed by atoms with E-state index in [1.54, 1.807) is 55.3 Å². The number of piperidine rings is 1. The van der Waals surface area contributed by atoms with Crippen LogP contribution in [-0.4, -0.2) is 186 Å². The molecule has 10 N–H and O–H groups in total. The summed E-state index contributed by atoms with van der Waals surface area (Å²) in [5.41, 5.74) is 11.1. The van der Waals surface area contributed by atoms with E-state index in [1.165, 1.54) is 23.5 Å². The van der Waals surface area contributed by atoms with Gasteiger partial charge in [-0.05, 0) is 179 Å². The first-order valence-electron chi connectivity index (χ1n) is 38.1. The quantitative estimate of drug-likeness (QED) is 0.0100. The van der Waals surface area contributed by atoms with Crippen molar-refractivity contribution in [3.63, 3.8) is 0 Å². The van der Waals surface area contributed by atoms with E-state index in [0.717, 1.165) is 51.2 Å². The molecule has 9 amide bonds. The first-order chi connectivity index (χ1) is 52.4. The maximum Gasteiger partial charge on any atom is 0.410 e. The number of thiazole rings is 1. The summed E-state index contributed by atoms with van der Waals surface area (Å²) < 4.78 is 27.6. The number of benzene rings is 3. The Balaban J connectivity index is 0.711. The molecule has 5 atom stereocenters. The summed E-state index contributed by atoms with van der Waals surface area (Å²) in [6, 6.07) is 20.9. The normalized spacial score (nSPS) is 18.1. The topological polar surface area (TPSA) is 393 Å². The van der Waals surface area contributed by atoms with Crippen LogP contribution in [0.15, 0.2) is 97.2 Å². The number of carbonyl (C=O) groups is 9. The number of urea groups is 1. The van der Waals surface area contributed by atoms with Crippen LogP contribution in [0.5, 0.6) is 0 Å². The first-order valence-corrected chi connectivity index (χ1v) is 40.7. The van der Waals surface area contributed by atoms with Crippen molar-refractivity contribution < 1.29 is 72.1 Å². The van der Waals surface area contributed by atoms with Gasteiger partial charge < -0.3 is 61.2 Å². The molecule has 0 bridgehead atoms. The van der Waals surface area contributed by atoms with E-state index in [-0.39, 0.29) is 110 Å². The summed E-state index contributed by atoms with van der Waals surface area (Å²) in [7, 11) is -4.28. The van der Waals surface area contributed by atoms with Gasteiger partial charge in [-0.25, -0.2) is 24.4 Å². The monoisotopic (exact) mass is 1550 g/mol. The number of anilines is 3. The molecule has 0 spiro atoms. The average molecular weight is 1550 g/mol. The number of aromatic nitrogens is 4. The molecule has 110 heavy (non-hydrogen) atoms. The van der Waals surface area contributed by atoms with Gasteiger partial charge in [0.05, 0.1) is 35.3 Å². The molecular formula is C79H105N14O15PS. The fourth-order valence-electron chi connectivity index (χ4n) is 16.3. The average Bonchev–Trinajstić information content (AvgIpc) is 1.37. The Kier molecular flexibility index (Phi) is 28.3. The van der Waals surface area contributed by atoms with Gasteiger partial charge in [-0.2, -0.15) is 5.10 Å². The van der Waals surface area contributed by atoms with Crippen LogP contribution in [0.3, 0.4) is 0 Å². The first kappa shape index (κ1) is 83.0. The number of imide groups is 1. The number of amides is 9. The zero-order valence-electron chi connectivity index (χ0n) is 63.8. The lowest BCUT2D eigenvalue weighted by Crippen LogP contribution is -2.54. The summed E-state index contributed by atoms with van der Waals surface area (Å²) in [5.74, 6) is -3.18. The number of aromatic carboxylic acids is 1. The standard InChI is InChI=1S/C79H105N14O15PS/c1-50(2)69(87-66(94)21-9-8-12-35-92-67(95)28-29-68(92)96)73(99)84-63(19-14-33-81-75(80)102)72(98)83-56-24-22-54(23-25-56)47-108-77(103)90-37-31-57(32-38-90)89(34-15-41-109(104,105)106)39-40-107-52(4)44-79(43-51(3)42-78(6,7)48-79)49-93-53(5)60(45-82-93)58-26-27-65(86-70(58)74(100)101)91-36-30-55-16-13-17-59(61(55)46-91)71(97)88-76-85-62-18-10-11-20-64(62)110-76/h10-11,13,16-18,20,22-29,45,50-52,57,63,69H,8-9,12,14-15,19,21,30-44,46-49H2,1-7H3,(H,83,98)(H,84,99)(H,87,94)(H,100,101)(H3,80,81,102)(H,85,88,97)(H2,104,105,106)/t51?,52?,63-,69-,79?/m0/s1. The molecule has 3 aliphatic heterocycles. The molecule has 3 aromatic heterocycles. The van der Waals surface area contributed by atoms with Gasteiger partial charge in [-0.15, -0.1) is 0 Å². The van der Waals surface area contributed by atoms with Crippen LogP contribution in [0.1, 0.15) is 168 Å². The molecule has 1 saturated carbocycles. The highest BCUT2D eigenvalue weighted by molar-refractivity contribution is 7.51. The van der Waals surface area contributed by atoms with Crippen molar-refractivity contribution in [1.29, 1.82) is 0 Å². The number of fused-ring (bicyclic) bond motifs is 2. The van der Waals surface area contributed by atoms with Crippen LogP contribution in [0.4, 0.5) is 26.2 Å². The van der Waals surface area contributed by atoms with E-state index in [1.807, 2.05) is 65.0 Å². The minimum Gasteiger partial charge on any atom is -0.476 e. The summed E-state index contributed by atoms with van der Waals surface area (Å²) in [4.78, 5) is 153. The number of hydrogen-bond acceptors (Lipinski definition) is 18. The van der Waals surface area contributed by atoms with Gasteiger partial charge in [0.1, 0.15) is 24.5 Å². The van der Waals surface area contributed by atoms with Crippen molar-refractivity contribution in [1.82, 2.24) is 50.4 Å². The molecular weight excluding hydrogens is 1450 g/mol. The minimum atomic E-state index is -4.28. The van der Waals surface area contributed by atoms with Crippen LogP contribution in [0, 0.1) is 29.6 Å². The second-order valence-corrected chi connectivity index (χ2v) is 33.8. The summed E-state index contributed by atoms with van der Waals surface area (Å²) in [6.45, 7) is 18.3. The van der Waals surface area contributed by atoms with E-state index >= 15 is 0 Å². The van der Waals surface area contributed by atoms with E-state index in [2.05, 4.69) is 64.2 Å². The van der Waals surface area contributed by atoms with Gasteiger partial charge in [0.25, 0.3) is 17.7 Å². The zero-order chi connectivity index (χ0) is 79.0.